The molecule has 5 heteroatoms. The van der Waals surface area contributed by atoms with E-state index in [2.05, 4.69) is 17.1 Å². The Balaban J connectivity index is 2.43. The predicted molar refractivity (Wildman–Crippen MR) is 75.8 cm³/mol. The van der Waals surface area contributed by atoms with Crippen LogP contribution in [0.5, 0.6) is 0 Å². The van der Waals surface area contributed by atoms with E-state index in [1.807, 2.05) is 0 Å². The van der Waals surface area contributed by atoms with Gasteiger partial charge in [-0.15, -0.1) is 0 Å². The van der Waals surface area contributed by atoms with Gasteiger partial charge in [-0.3, -0.25) is 14.5 Å². The number of nitrogens with zero attached hydrogens (tertiary/aromatic N) is 2. The number of carbonyl (C=O) groups excluding carboxylic acids is 2. The summed E-state index contributed by atoms with van der Waals surface area (Å²) in [5, 5.41) is 2.78. The van der Waals surface area contributed by atoms with Crippen LogP contribution in [-0.2, 0) is 9.59 Å². The summed E-state index contributed by atoms with van der Waals surface area (Å²) in [6.45, 7) is 5.29. The SMILES string of the molecule is CCC1CCCCN1CC(=O)NC(C)C(=O)N(C)C. The standard InChI is InChI=1S/C14H27N3O2/c1-5-12-8-6-7-9-17(12)10-13(18)15-11(2)14(19)16(3)4/h11-12H,5-10H2,1-4H3,(H,15,18). The van der Waals surface area contributed by atoms with E-state index in [1.54, 1.807) is 21.0 Å². The Hall–Kier alpha value is -1.10. The van der Waals surface area contributed by atoms with E-state index in [1.165, 1.54) is 17.7 Å². The van der Waals surface area contributed by atoms with E-state index in [4.69, 9.17) is 0 Å². The summed E-state index contributed by atoms with van der Waals surface area (Å²) in [6, 6.07) is 0.0618. The Morgan fingerprint density at radius 2 is 2.05 bits per heavy atom. The summed E-state index contributed by atoms with van der Waals surface area (Å²) in [6.07, 6.45) is 4.68. The molecule has 1 aliphatic rings. The van der Waals surface area contributed by atoms with Crippen LogP contribution in [0.15, 0.2) is 0 Å². The maximum absolute atomic E-state index is 12.0. The van der Waals surface area contributed by atoms with Gasteiger partial charge in [-0.1, -0.05) is 13.3 Å². The summed E-state index contributed by atoms with van der Waals surface area (Å²) in [5.41, 5.74) is 0. The van der Waals surface area contributed by atoms with E-state index < -0.39 is 6.04 Å². The molecule has 5 nitrogen and oxygen atoms in total. The van der Waals surface area contributed by atoms with Crippen LogP contribution in [-0.4, -0.2) is 60.9 Å². The molecule has 2 amide bonds. The molecule has 1 aliphatic heterocycles. The number of likely N-dealkylation sites (N-methyl/N-ethyl adjacent to an activating group) is 1. The van der Waals surface area contributed by atoms with Crippen LogP contribution >= 0.6 is 0 Å². The van der Waals surface area contributed by atoms with E-state index in [0.29, 0.717) is 12.6 Å². The molecule has 1 rings (SSSR count). The molecule has 0 aromatic rings. The van der Waals surface area contributed by atoms with Crippen LogP contribution in [0.1, 0.15) is 39.5 Å². The third-order valence-corrected chi connectivity index (χ3v) is 3.76. The van der Waals surface area contributed by atoms with Gasteiger partial charge in [0.1, 0.15) is 6.04 Å². The highest BCUT2D eigenvalue weighted by Crippen LogP contribution is 2.18. The van der Waals surface area contributed by atoms with Crippen LogP contribution in [0.25, 0.3) is 0 Å². The number of piperidine rings is 1. The number of hydrogen-bond donors (Lipinski definition) is 1. The second-order valence-electron chi connectivity index (χ2n) is 5.55. The third kappa shape index (κ3) is 4.82. The predicted octanol–water partition coefficient (Wildman–Crippen LogP) is 0.844. The molecule has 0 aliphatic carbocycles. The second kappa shape index (κ2) is 7.48. The lowest BCUT2D eigenvalue weighted by Crippen LogP contribution is -2.50. The maximum Gasteiger partial charge on any atom is 0.244 e. The molecular weight excluding hydrogens is 242 g/mol. The lowest BCUT2D eigenvalue weighted by Gasteiger charge is -2.34. The van der Waals surface area contributed by atoms with Gasteiger partial charge in [0.2, 0.25) is 11.8 Å². The summed E-state index contributed by atoms with van der Waals surface area (Å²) in [7, 11) is 3.39. The summed E-state index contributed by atoms with van der Waals surface area (Å²) in [5.74, 6) is -0.123. The molecule has 2 atom stereocenters. The van der Waals surface area contributed by atoms with Crippen molar-refractivity contribution in [2.75, 3.05) is 27.2 Å². The van der Waals surface area contributed by atoms with Crippen LogP contribution in [0, 0.1) is 0 Å². The zero-order valence-electron chi connectivity index (χ0n) is 12.6. The van der Waals surface area contributed by atoms with Crippen LogP contribution in [0.2, 0.25) is 0 Å². The fourth-order valence-electron chi connectivity index (χ4n) is 2.65. The molecule has 0 radical (unpaired) electrons. The first-order valence-corrected chi connectivity index (χ1v) is 7.20. The van der Waals surface area contributed by atoms with Gasteiger partial charge in [0.25, 0.3) is 0 Å². The highest BCUT2D eigenvalue weighted by molar-refractivity contribution is 5.87. The molecule has 0 aromatic heterocycles. The number of rotatable bonds is 5. The van der Waals surface area contributed by atoms with Gasteiger partial charge in [0.05, 0.1) is 6.54 Å². The quantitative estimate of drug-likeness (QED) is 0.805. The molecule has 19 heavy (non-hydrogen) atoms. The van der Waals surface area contributed by atoms with Gasteiger partial charge in [-0.25, -0.2) is 0 Å². The molecule has 0 aromatic carbocycles. The molecule has 1 fully saturated rings. The minimum atomic E-state index is -0.452. The highest BCUT2D eigenvalue weighted by Gasteiger charge is 2.24. The lowest BCUT2D eigenvalue weighted by atomic mass is 10.00. The van der Waals surface area contributed by atoms with Gasteiger partial charge in [0, 0.05) is 20.1 Å². The molecule has 0 bridgehead atoms. The molecule has 1 N–H and O–H groups in total. The van der Waals surface area contributed by atoms with E-state index in [-0.39, 0.29) is 11.8 Å². The van der Waals surface area contributed by atoms with Crippen LogP contribution in [0.3, 0.4) is 0 Å². The van der Waals surface area contributed by atoms with Crippen molar-refractivity contribution in [1.82, 2.24) is 15.1 Å². The van der Waals surface area contributed by atoms with Crippen molar-refractivity contribution in [3.05, 3.63) is 0 Å². The van der Waals surface area contributed by atoms with Crippen molar-refractivity contribution < 1.29 is 9.59 Å². The number of nitrogens with one attached hydrogen (secondary N) is 1. The summed E-state index contributed by atoms with van der Waals surface area (Å²) < 4.78 is 0. The molecule has 1 saturated heterocycles. The fraction of sp³-hybridized carbons (Fsp3) is 0.857. The van der Waals surface area contributed by atoms with Crippen molar-refractivity contribution >= 4 is 11.8 Å². The Morgan fingerprint density at radius 3 is 2.63 bits per heavy atom. The zero-order chi connectivity index (χ0) is 14.4. The first-order valence-electron chi connectivity index (χ1n) is 7.20. The Kier molecular flexibility index (Phi) is 6.28. The average molecular weight is 269 g/mol. The van der Waals surface area contributed by atoms with Crippen molar-refractivity contribution in [1.29, 1.82) is 0 Å². The first-order chi connectivity index (χ1) is 8.95. The van der Waals surface area contributed by atoms with Crippen molar-refractivity contribution in [3.8, 4) is 0 Å². The first kappa shape index (κ1) is 16.0. The molecule has 110 valence electrons. The monoisotopic (exact) mass is 269 g/mol. The minimum absolute atomic E-state index is 0.0527. The van der Waals surface area contributed by atoms with Crippen molar-refractivity contribution in [2.45, 2.75) is 51.6 Å². The normalized spacial score (nSPS) is 21.8. The summed E-state index contributed by atoms with van der Waals surface area (Å²) in [4.78, 5) is 27.4. The Morgan fingerprint density at radius 1 is 1.37 bits per heavy atom. The van der Waals surface area contributed by atoms with Gasteiger partial charge in [-0.05, 0) is 32.7 Å². The maximum atomic E-state index is 12.0. The molecule has 1 heterocycles. The Bertz CT molecular complexity index is 318. The highest BCUT2D eigenvalue weighted by atomic mass is 16.2. The fourth-order valence-corrected chi connectivity index (χ4v) is 2.65. The van der Waals surface area contributed by atoms with E-state index >= 15 is 0 Å². The number of amides is 2. The lowest BCUT2D eigenvalue weighted by molar-refractivity contribution is -0.134. The van der Waals surface area contributed by atoms with E-state index in [0.717, 1.165) is 19.4 Å². The minimum Gasteiger partial charge on any atom is -0.347 e. The third-order valence-electron chi connectivity index (χ3n) is 3.76. The summed E-state index contributed by atoms with van der Waals surface area (Å²) >= 11 is 0. The topological polar surface area (TPSA) is 52.7 Å². The average Bonchev–Trinajstić information content (AvgIpc) is 2.38. The van der Waals surface area contributed by atoms with Crippen molar-refractivity contribution in [2.24, 2.45) is 0 Å². The number of carbonyl (C=O) groups is 2. The van der Waals surface area contributed by atoms with E-state index in [9.17, 15) is 9.59 Å². The molecular formula is C14H27N3O2. The number of hydrogen-bond acceptors (Lipinski definition) is 3. The second-order valence-corrected chi connectivity index (χ2v) is 5.55. The van der Waals surface area contributed by atoms with Crippen LogP contribution < -0.4 is 5.32 Å². The van der Waals surface area contributed by atoms with Gasteiger partial charge >= 0.3 is 0 Å². The van der Waals surface area contributed by atoms with Gasteiger partial charge in [-0.2, -0.15) is 0 Å². The van der Waals surface area contributed by atoms with Crippen molar-refractivity contribution in [3.63, 3.8) is 0 Å². The molecule has 0 saturated carbocycles. The number of likely N-dealkylation sites (tertiary alicyclic amines) is 1. The van der Waals surface area contributed by atoms with Gasteiger partial charge < -0.3 is 10.2 Å². The van der Waals surface area contributed by atoms with Gasteiger partial charge in [0.15, 0.2) is 0 Å². The largest absolute Gasteiger partial charge is 0.347 e. The molecule has 2 unspecified atom stereocenters. The van der Waals surface area contributed by atoms with Crippen LogP contribution in [0.4, 0.5) is 0 Å². The smallest absolute Gasteiger partial charge is 0.244 e. The Labute approximate surface area is 116 Å². The molecule has 0 spiro atoms. The zero-order valence-corrected chi connectivity index (χ0v) is 12.6.